The number of nitriles is 1. The number of hydrogen-bond donors (Lipinski definition) is 0. The van der Waals surface area contributed by atoms with E-state index >= 15 is 0 Å². The molecule has 0 N–H and O–H groups in total. The SMILES string of the molecule is CCCN(CCC)CC1CCCN(CC#N)C1. The highest BCUT2D eigenvalue weighted by molar-refractivity contribution is 4.82. The molecule has 0 aromatic rings. The van der Waals surface area contributed by atoms with Crippen molar-refractivity contribution in [1.29, 1.82) is 5.26 Å². The molecule has 3 nitrogen and oxygen atoms in total. The standard InChI is InChI=1S/C14H27N3/c1-3-8-16(9-4-2)12-14-6-5-10-17(13-14)11-7-15/h14H,3-6,8-13H2,1-2H3. The van der Waals surface area contributed by atoms with Crippen LogP contribution in [-0.4, -0.2) is 49.1 Å². The lowest BCUT2D eigenvalue weighted by Gasteiger charge is -2.34. The molecule has 1 aliphatic heterocycles. The summed E-state index contributed by atoms with van der Waals surface area (Å²) in [7, 11) is 0. The highest BCUT2D eigenvalue weighted by Gasteiger charge is 2.21. The van der Waals surface area contributed by atoms with E-state index in [4.69, 9.17) is 5.26 Å². The van der Waals surface area contributed by atoms with Gasteiger partial charge in [0.25, 0.3) is 0 Å². The van der Waals surface area contributed by atoms with Gasteiger partial charge in [0.2, 0.25) is 0 Å². The Balaban J connectivity index is 2.35. The number of nitrogens with zero attached hydrogens (tertiary/aromatic N) is 3. The molecule has 98 valence electrons. The van der Waals surface area contributed by atoms with Gasteiger partial charge in [-0.25, -0.2) is 0 Å². The zero-order valence-corrected chi connectivity index (χ0v) is 11.5. The van der Waals surface area contributed by atoms with Crippen LogP contribution in [0.2, 0.25) is 0 Å². The summed E-state index contributed by atoms with van der Waals surface area (Å²) in [6, 6.07) is 2.27. The Morgan fingerprint density at radius 1 is 1.29 bits per heavy atom. The zero-order chi connectivity index (χ0) is 12.5. The number of hydrogen-bond acceptors (Lipinski definition) is 3. The largest absolute Gasteiger partial charge is 0.303 e. The molecule has 0 saturated carbocycles. The molecule has 0 radical (unpaired) electrons. The van der Waals surface area contributed by atoms with Gasteiger partial charge in [-0.1, -0.05) is 13.8 Å². The van der Waals surface area contributed by atoms with Crippen molar-refractivity contribution in [2.75, 3.05) is 39.3 Å². The monoisotopic (exact) mass is 237 g/mol. The first-order chi connectivity index (χ1) is 8.30. The van der Waals surface area contributed by atoms with Crippen LogP contribution in [0.1, 0.15) is 39.5 Å². The van der Waals surface area contributed by atoms with Crippen LogP contribution in [0.15, 0.2) is 0 Å². The van der Waals surface area contributed by atoms with Crippen LogP contribution in [0.3, 0.4) is 0 Å². The number of rotatable bonds is 7. The van der Waals surface area contributed by atoms with E-state index in [1.54, 1.807) is 0 Å². The van der Waals surface area contributed by atoms with Gasteiger partial charge < -0.3 is 4.90 Å². The molecule has 0 amide bonds. The van der Waals surface area contributed by atoms with Crippen LogP contribution >= 0.6 is 0 Å². The molecule has 1 atom stereocenters. The molecule has 1 aliphatic rings. The number of likely N-dealkylation sites (tertiary alicyclic amines) is 1. The van der Waals surface area contributed by atoms with Crippen molar-refractivity contribution < 1.29 is 0 Å². The van der Waals surface area contributed by atoms with Crippen LogP contribution in [0.25, 0.3) is 0 Å². The maximum absolute atomic E-state index is 8.75. The summed E-state index contributed by atoms with van der Waals surface area (Å²) in [4.78, 5) is 4.91. The van der Waals surface area contributed by atoms with Crippen LogP contribution in [0, 0.1) is 17.2 Å². The van der Waals surface area contributed by atoms with E-state index in [1.165, 1.54) is 45.3 Å². The molecule has 17 heavy (non-hydrogen) atoms. The zero-order valence-electron chi connectivity index (χ0n) is 11.5. The molecular weight excluding hydrogens is 210 g/mol. The summed E-state index contributed by atoms with van der Waals surface area (Å²) in [6.07, 6.45) is 5.09. The van der Waals surface area contributed by atoms with Crippen molar-refractivity contribution in [2.45, 2.75) is 39.5 Å². The van der Waals surface area contributed by atoms with Gasteiger partial charge in [-0.3, -0.25) is 4.90 Å². The van der Waals surface area contributed by atoms with Crippen molar-refractivity contribution in [1.82, 2.24) is 9.80 Å². The van der Waals surface area contributed by atoms with Crippen molar-refractivity contribution in [3.05, 3.63) is 0 Å². The molecule has 1 rings (SSSR count). The second-order valence-corrected chi connectivity index (χ2v) is 5.20. The Bertz CT molecular complexity index is 228. The lowest BCUT2D eigenvalue weighted by atomic mass is 9.97. The minimum atomic E-state index is 0.609. The molecule has 1 heterocycles. The quantitative estimate of drug-likeness (QED) is 0.637. The summed E-state index contributed by atoms with van der Waals surface area (Å²) in [6.45, 7) is 11.0. The third-order valence-electron chi connectivity index (χ3n) is 3.49. The predicted octanol–water partition coefficient (Wildman–Crippen LogP) is 2.34. The van der Waals surface area contributed by atoms with E-state index in [9.17, 15) is 0 Å². The Kier molecular flexibility index (Phi) is 7.23. The average molecular weight is 237 g/mol. The Labute approximate surface area is 106 Å². The van der Waals surface area contributed by atoms with E-state index in [0.717, 1.165) is 19.0 Å². The molecular formula is C14H27N3. The maximum Gasteiger partial charge on any atom is 0.0866 e. The van der Waals surface area contributed by atoms with Crippen molar-refractivity contribution >= 4 is 0 Å². The lowest BCUT2D eigenvalue weighted by Crippen LogP contribution is -2.41. The van der Waals surface area contributed by atoms with Crippen LogP contribution in [0.4, 0.5) is 0 Å². The highest BCUT2D eigenvalue weighted by Crippen LogP contribution is 2.17. The van der Waals surface area contributed by atoms with Crippen molar-refractivity contribution in [3.63, 3.8) is 0 Å². The predicted molar refractivity (Wildman–Crippen MR) is 71.8 cm³/mol. The Hall–Kier alpha value is -0.590. The van der Waals surface area contributed by atoms with Gasteiger partial charge in [-0.2, -0.15) is 5.26 Å². The first kappa shape index (κ1) is 14.5. The van der Waals surface area contributed by atoms with Gasteiger partial charge in [-0.05, 0) is 51.2 Å². The normalized spacial score (nSPS) is 21.6. The van der Waals surface area contributed by atoms with Crippen LogP contribution in [-0.2, 0) is 0 Å². The molecule has 0 bridgehead atoms. The molecule has 0 spiro atoms. The van der Waals surface area contributed by atoms with E-state index in [0.29, 0.717) is 6.54 Å². The van der Waals surface area contributed by atoms with E-state index in [-0.39, 0.29) is 0 Å². The minimum absolute atomic E-state index is 0.609. The third kappa shape index (κ3) is 5.52. The smallest absolute Gasteiger partial charge is 0.0866 e. The Morgan fingerprint density at radius 2 is 2.00 bits per heavy atom. The molecule has 1 saturated heterocycles. The molecule has 0 aromatic carbocycles. The first-order valence-electron chi connectivity index (χ1n) is 7.11. The van der Waals surface area contributed by atoms with Gasteiger partial charge in [0, 0.05) is 13.1 Å². The summed E-state index contributed by atoms with van der Waals surface area (Å²) < 4.78 is 0. The summed E-state index contributed by atoms with van der Waals surface area (Å²) >= 11 is 0. The van der Waals surface area contributed by atoms with Crippen molar-refractivity contribution in [3.8, 4) is 6.07 Å². The summed E-state index contributed by atoms with van der Waals surface area (Å²) in [5.74, 6) is 0.773. The molecule has 1 unspecified atom stereocenters. The fourth-order valence-corrected chi connectivity index (χ4v) is 2.84. The second-order valence-electron chi connectivity index (χ2n) is 5.20. The fourth-order valence-electron chi connectivity index (χ4n) is 2.84. The summed E-state index contributed by atoms with van der Waals surface area (Å²) in [5.41, 5.74) is 0. The molecule has 3 heteroatoms. The van der Waals surface area contributed by atoms with Gasteiger partial charge >= 0.3 is 0 Å². The summed E-state index contributed by atoms with van der Waals surface area (Å²) in [5, 5.41) is 8.75. The molecule has 0 aliphatic carbocycles. The maximum atomic E-state index is 8.75. The second kappa shape index (κ2) is 8.49. The van der Waals surface area contributed by atoms with E-state index < -0.39 is 0 Å². The average Bonchev–Trinajstić information content (AvgIpc) is 2.30. The van der Waals surface area contributed by atoms with Crippen LogP contribution < -0.4 is 0 Å². The third-order valence-corrected chi connectivity index (χ3v) is 3.49. The molecule has 1 fully saturated rings. The van der Waals surface area contributed by atoms with Gasteiger partial charge in [-0.15, -0.1) is 0 Å². The Morgan fingerprint density at radius 3 is 2.59 bits per heavy atom. The minimum Gasteiger partial charge on any atom is -0.303 e. The first-order valence-corrected chi connectivity index (χ1v) is 7.11. The lowest BCUT2D eigenvalue weighted by molar-refractivity contribution is 0.142. The number of piperidine rings is 1. The van der Waals surface area contributed by atoms with Gasteiger partial charge in [0.1, 0.15) is 0 Å². The van der Waals surface area contributed by atoms with Crippen molar-refractivity contribution in [2.24, 2.45) is 5.92 Å². The van der Waals surface area contributed by atoms with Crippen LogP contribution in [0.5, 0.6) is 0 Å². The van der Waals surface area contributed by atoms with Gasteiger partial charge in [0.05, 0.1) is 12.6 Å². The topological polar surface area (TPSA) is 30.3 Å². The fraction of sp³-hybridized carbons (Fsp3) is 0.929. The molecule has 0 aromatic heterocycles. The van der Waals surface area contributed by atoms with Gasteiger partial charge in [0.15, 0.2) is 0 Å². The van der Waals surface area contributed by atoms with E-state index in [1.807, 2.05) is 0 Å². The highest BCUT2D eigenvalue weighted by atomic mass is 15.2. The van der Waals surface area contributed by atoms with E-state index in [2.05, 4.69) is 29.7 Å².